The van der Waals surface area contributed by atoms with Crippen molar-refractivity contribution in [2.75, 3.05) is 0 Å². The second-order valence-corrected chi connectivity index (χ2v) is 5.48. The first kappa shape index (κ1) is 15.1. The second kappa shape index (κ2) is 5.58. The van der Waals surface area contributed by atoms with Crippen LogP contribution in [0.3, 0.4) is 0 Å². The number of nitrogens with two attached hydrogens (primary N) is 1. The topological polar surface area (TPSA) is 26.0 Å². The smallest absolute Gasteiger partial charge is 0.320 e. The molecule has 2 aromatic carbocycles. The van der Waals surface area contributed by atoms with E-state index in [-0.39, 0.29) is 5.56 Å². The van der Waals surface area contributed by atoms with Gasteiger partial charge in [-0.15, -0.1) is 0 Å². The van der Waals surface area contributed by atoms with Crippen LogP contribution in [-0.2, 0) is 6.18 Å². The first-order valence-electron chi connectivity index (χ1n) is 5.98. The summed E-state index contributed by atoms with van der Waals surface area (Å²) >= 11 is 3.07. The molecule has 0 amide bonds. The number of benzene rings is 2. The van der Waals surface area contributed by atoms with Crippen LogP contribution in [0.2, 0.25) is 0 Å². The molecule has 0 spiro atoms. The van der Waals surface area contributed by atoms with Crippen LogP contribution < -0.4 is 5.73 Å². The molecule has 2 N–H and O–H groups in total. The van der Waals surface area contributed by atoms with Crippen molar-refractivity contribution in [1.29, 1.82) is 0 Å². The third-order valence-electron chi connectivity index (χ3n) is 3.18. The Labute approximate surface area is 123 Å². The highest BCUT2D eigenvalue weighted by Gasteiger charge is 2.35. The third-order valence-corrected chi connectivity index (χ3v) is 3.67. The van der Waals surface area contributed by atoms with Gasteiger partial charge in [-0.25, -0.2) is 0 Å². The average Bonchev–Trinajstić information content (AvgIpc) is 2.37. The van der Waals surface area contributed by atoms with Crippen molar-refractivity contribution in [3.05, 3.63) is 69.2 Å². The van der Waals surface area contributed by atoms with Gasteiger partial charge in [-0.05, 0) is 35.7 Å². The highest BCUT2D eigenvalue weighted by atomic mass is 79.9. The molecule has 0 bridgehead atoms. The highest BCUT2D eigenvalue weighted by Crippen LogP contribution is 2.37. The number of aryl methyl sites for hydroxylation is 1. The average molecular weight is 344 g/mol. The molecule has 106 valence electrons. The fourth-order valence-electron chi connectivity index (χ4n) is 2.15. The lowest BCUT2D eigenvalue weighted by molar-refractivity contribution is -0.138. The molecule has 0 fully saturated rings. The summed E-state index contributed by atoms with van der Waals surface area (Å²) in [6.45, 7) is 1.83. The first-order valence-corrected chi connectivity index (χ1v) is 6.77. The molecular formula is C15H13BrF3N. The molecule has 1 unspecified atom stereocenters. The largest absolute Gasteiger partial charge is 0.416 e. The molecule has 0 heterocycles. The number of hydrogen-bond acceptors (Lipinski definition) is 1. The van der Waals surface area contributed by atoms with Gasteiger partial charge in [0.1, 0.15) is 0 Å². The zero-order valence-corrected chi connectivity index (χ0v) is 12.3. The Balaban J connectivity index is 2.56. The summed E-state index contributed by atoms with van der Waals surface area (Å²) < 4.78 is 39.8. The first-order chi connectivity index (χ1) is 9.30. The Morgan fingerprint density at radius 2 is 1.70 bits per heavy atom. The molecule has 1 nitrogen and oxygen atoms in total. The van der Waals surface area contributed by atoms with Gasteiger partial charge in [0.05, 0.1) is 11.6 Å². The fraction of sp³-hybridized carbons (Fsp3) is 0.200. The zero-order valence-electron chi connectivity index (χ0n) is 10.7. The monoisotopic (exact) mass is 343 g/mol. The zero-order chi connectivity index (χ0) is 14.9. The van der Waals surface area contributed by atoms with Crippen LogP contribution in [0.1, 0.15) is 28.3 Å². The summed E-state index contributed by atoms with van der Waals surface area (Å²) in [6.07, 6.45) is -4.43. The van der Waals surface area contributed by atoms with E-state index in [9.17, 15) is 13.2 Å². The highest BCUT2D eigenvalue weighted by molar-refractivity contribution is 9.10. The molecule has 0 aliphatic rings. The van der Waals surface area contributed by atoms with Gasteiger partial charge in [-0.1, -0.05) is 46.3 Å². The van der Waals surface area contributed by atoms with Crippen LogP contribution in [0.25, 0.3) is 0 Å². The van der Waals surface area contributed by atoms with E-state index < -0.39 is 17.8 Å². The van der Waals surface area contributed by atoms with Crippen LogP contribution in [0.15, 0.2) is 46.9 Å². The summed E-state index contributed by atoms with van der Waals surface area (Å²) in [6, 6.07) is 10.4. The van der Waals surface area contributed by atoms with Gasteiger partial charge in [0.15, 0.2) is 0 Å². The lowest BCUT2D eigenvalue weighted by atomic mass is 9.92. The van der Waals surface area contributed by atoms with Crippen molar-refractivity contribution in [2.24, 2.45) is 5.73 Å². The van der Waals surface area contributed by atoms with Crippen molar-refractivity contribution in [3.63, 3.8) is 0 Å². The molecule has 0 saturated heterocycles. The number of halogens is 4. The third kappa shape index (κ3) is 3.04. The van der Waals surface area contributed by atoms with Crippen LogP contribution in [0.5, 0.6) is 0 Å². The predicted octanol–water partition coefficient (Wildman–Crippen LogP) is 4.82. The molecule has 2 aromatic rings. The van der Waals surface area contributed by atoms with Crippen LogP contribution in [-0.4, -0.2) is 0 Å². The van der Waals surface area contributed by atoms with Crippen molar-refractivity contribution >= 4 is 15.9 Å². The van der Waals surface area contributed by atoms with E-state index >= 15 is 0 Å². The molecule has 0 radical (unpaired) electrons. The van der Waals surface area contributed by atoms with E-state index in [2.05, 4.69) is 15.9 Å². The van der Waals surface area contributed by atoms with E-state index in [1.807, 2.05) is 19.1 Å². The Hall–Kier alpha value is -1.33. The normalized spacial score (nSPS) is 13.3. The van der Waals surface area contributed by atoms with E-state index in [4.69, 9.17) is 5.73 Å². The van der Waals surface area contributed by atoms with Gasteiger partial charge in [0.2, 0.25) is 0 Å². The summed E-state index contributed by atoms with van der Waals surface area (Å²) in [4.78, 5) is 0. The molecule has 5 heteroatoms. The fourth-order valence-corrected chi connectivity index (χ4v) is 2.51. The SMILES string of the molecule is Cc1ccccc1C(N)c1ccc(Br)cc1C(F)(F)F. The molecule has 20 heavy (non-hydrogen) atoms. The lowest BCUT2D eigenvalue weighted by Crippen LogP contribution is -2.19. The summed E-state index contributed by atoms with van der Waals surface area (Å²) in [5, 5.41) is 0. The molecule has 2 rings (SSSR count). The van der Waals surface area contributed by atoms with Gasteiger partial charge in [0, 0.05) is 4.47 Å². The minimum Gasteiger partial charge on any atom is -0.320 e. The van der Waals surface area contributed by atoms with Crippen molar-refractivity contribution in [3.8, 4) is 0 Å². The van der Waals surface area contributed by atoms with E-state index in [1.54, 1.807) is 18.2 Å². The molecule has 0 aliphatic heterocycles. The maximum atomic E-state index is 13.1. The van der Waals surface area contributed by atoms with Crippen LogP contribution in [0.4, 0.5) is 13.2 Å². The van der Waals surface area contributed by atoms with E-state index in [0.29, 0.717) is 10.0 Å². The van der Waals surface area contributed by atoms with Gasteiger partial charge >= 0.3 is 6.18 Å². The molecule has 0 saturated carbocycles. The Kier molecular flexibility index (Phi) is 4.20. The van der Waals surface area contributed by atoms with Crippen molar-refractivity contribution in [1.82, 2.24) is 0 Å². The standard InChI is InChI=1S/C15H13BrF3N/c1-9-4-2-3-5-11(9)14(20)12-7-6-10(16)8-13(12)15(17,18)19/h2-8,14H,20H2,1H3. The van der Waals surface area contributed by atoms with Crippen LogP contribution in [0, 0.1) is 6.92 Å². The molecule has 1 atom stereocenters. The van der Waals surface area contributed by atoms with Crippen molar-refractivity contribution < 1.29 is 13.2 Å². The minimum atomic E-state index is -4.43. The number of rotatable bonds is 2. The molecular weight excluding hydrogens is 331 g/mol. The van der Waals surface area contributed by atoms with Crippen molar-refractivity contribution in [2.45, 2.75) is 19.1 Å². The Bertz CT molecular complexity index is 623. The minimum absolute atomic E-state index is 0.0787. The number of alkyl halides is 3. The number of hydrogen-bond donors (Lipinski definition) is 1. The molecule has 0 aromatic heterocycles. The van der Waals surface area contributed by atoms with Gasteiger partial charge in [-0.3, -0.25) is 0 Å². The summed E-state index contributed by atoms with van der Waals surface area (Å²) in [5.41, 5.74) is 6.99. The van der Waals surface area contributed by atoms with Crippen LogP contribution >= 0.6 is 15.9 Å². The molecule has 0 aliphatic carbocycles. The Morgan fingerprint density at radius 3 is 2.30 bits per heavy atom. The lowest BCUT2D eigenvalue weighted by Gasteiger charge is -2.20. The quantitative estimate of drug-likeness (QED) is 0.830. The van der Waals surface area contributed by atoms with E-state index in [0.717, 1.165) is 11.6 Å². The maximum absolute atomic E-state index is 13.1. The van der Waals surface area contributed by atoms with E-state index in [1.165, 1.54) is 6.07 Å². The van der Waals surface area contributed by atoms with Gasteiger partial charge in [0.25, 0.3) is 0 Å². The maximum Gasteiger partial charge on any atom is 0.416 e. The summed E-state index contributed by atoms with van der Waals surface area (Å²) in [5.74, 6) is 0. The predicted molar refractivity (Wildman–Crippen MR) is 76.4 cm³/mol. The second-order valence-electron chi connectivity index (χ2n) is 4.56. The van der Waals surface area contributed by atoms with Gasteiger partial charge in [-0.2, -0.15) is 13.2 Å². The summed E-state index contributed by atoms with van der Waals surface area (Å²) in [7, 11) is 0. The van der Waals surface area contributed by atoms with Gasteiger partial charge < -0.3 is 5.73 Å². The Morgan fingerprint density at radius 1 is 1.05 bits per heavy atom.